The van der Waals surface area contributed by atoms with Crippen LogP contribution in [0.3, 0.4) is 0 Å². The summed E-state index contributed by atoms with van der Waals surface area (Å²) in [5, 5.41) is 28.9. The maximum atomic E-state index is 11.1. The molecule has 2 aromatic heterocycles. The van der Waals surface area contributed by atoms with E-state index >= 15 is 0 Å². The van der Waals surface area contributed by atoms with Crippen LogP contribution in [0.2, 0.25) is 0 Å². The van der Waals surface area contributed by atoms with Crippen LogP contribution in [0.25, 0.3) is 10.3 Å². The van der Waals surface area contributed by atoms with E-state index in [1.165, 1.54) is 16.2 Å². The zero-order valence-electron chi connectivity index (χ0n) is 19.8. The molecule has 4 radical (unpaired) electrons. The third-order valence-corrected chi connectivity index (χ3v) is 7.99. The Morgan fingerprint density at radius 2 is 1.86 bits per heavy atom. The summed E-state index contributed by atoms with van der Waals surface area (Å²) < 4.78 is 0. The predicted octanol–water partition coefficient (Wildman–Crippen LogP) is 2.08. The molecule has 0 spiro atoms. The van der Waals surface area contributed by atoms with Gasteiger partial charge < -0.3 is 10.2 Å². The number of likely N-dealkylation sites (tertiary alicyclic amines) is 1. The molecule has 5 heterocycles. The number of rotatable bonds is 4. The van der Waals surface area contributed by atoms with E-state index in [2.05, 4.69) is 22.0 Å². The maximum Gasteiger partial charge on any atom is 0.144 e. The molecule has 3 aliphatic heterocycles. The molecule has 36 heavy (non-hydrogen) atoms. The molecule has 178 valence electrons. The molecule has 1 aromatic carbocycles. The van der Waals surface area contributed by atoms with Crippen molar-refractivity contribution < 1.29 is 10.2 Å². The molecule has 0 amide bonds. The van der Waals surface area contributed by atoms with Crippen LogP contribution >= 0.6 is 11.3 Å². The SMILES string of the molecule is [B]C1(O)CC(c2cc3ncc(C4=NN5CC(C)N=C5C=C4)nc3s2)CC([B])(O)N1Cc1ccccc1. The summed E-state index contributed by atoms with van der Waals surface area (Å²) in [6.45, 7) is 3.03. The van der Waals surface area contributed by atoms with Gasteiger partial charge in [0.25, 0.3) is 0 Å². The van der Waals surface area contributed by atoms with Crippen LogP contribution in [0.1, 0.15) is 41.8 Å². The molecule has 6 rings (SSSR count). The number of fused-ring (bicyclic) bond motifs is 2. The molecule has 0 bridgehead atoms. The van der Waals surface area contributed by atoms with E-state index < -0.39 is 11.2 Å². The fourth-order valence-corrected chi connectivity index (χ4v) is 6.19. The van der Waals surface area contributed by atoms with Crippen molar-refractivity contribution in [3.8, 4) is 0 Å². The van der Waals surface area contributed by atoms with Gasteiger partial charge in [0.2, 0.25) is 0 Å². The summed E-state index contributed by atoms with van der Waals surface area (Å²) in [6.07, 6.45) is 5.99. The van der Waals surface area contributed by atoms with Gasteiger partial charge >= 0.3 is 0 Å². The number of piperidine rings is 1. The van der Waals surface area contributed by atoms with Crippen molar-refractivity contribution in [3.63, 3.8) is 0 Å². The predicted molar refractivity (Wildman–Crippen MR) is 142 cm³/mol. The molecule has 1 saturated heterocycles. The van der Waals surface area contributed by atoms with Gasteiger partial charge in [0.1, 0.15) is 43.3 Å². The summed E-state index contributed by atoms with van der Waals surface area (Å²) in [7, 11) is 12.6. The highest BCUT2D eigenvalue weighted by molar-refractivity contribution is 7.18. The van der Waals surface area contributed by atoms with Crippen LogP contribution in [-0.2, 0) is 6.54 Å². The summed E-state index contributed by atoms with van der Waals surface area (Å²) in [4.78, 5) is 17.0. The minimum Gasteiger partial charge on any atom is -0.385 e. The molecule has 3 aromatic rings. The fourth-order valence-electron chi connectivity index (χ4n) is 5.10. The Bertz CT molecular complexity index is 1390. The molecular weight excluding hydrogens is 470 g/mol. The van der Waals surface area contributed by atoms with Gasteiger partial charge in [0.15, 0.2) is 0 Å². The second-order valence-corrected chi connectivity index (χ2v) is 10.8. The van der Waals surface area contributed by atoms with E-state index in [-0.39, 0.29) is 31.3 Å². The number of aromatic nitrogens is 2. The Morgan fingerprint density at radius 1 is 1.11 bits per heavy atom. The number of hydrazone groups is 1. The monoisotopic (exact) mass is 494 g/mol. The summed E-state index contributed by atoms with van der Waals surface area (Å²) in [6, 6.07) is 11.7. The van der Waals surface area contributed by atoms with Gasteiger partial charge in [-0.3, -0.25) is 14.9 Å². The maximum absolute atomic E-state index is 11.1. The Balaban J connectivity index is 1.25. The molecule has 8 nitrogen and oxygen atoms in total. The lowest BCUT2D eigenvalue weighted by atomic mass is 9.66. The first-order valence-electron chi connectivity index (χ1n) is 11.9. The van der Waals surface area contributed by atoms with E-state index in [0.29, 0.717) is 5.69 Å². The van der Waals surface area contributed by atoms with Crippen molar-refractivity contribution in [2.45, 2.75) is 49.5 Å². The van der Waals surface area contributed by atoms with Gasteiger partial charge in [-0.05, 0) is 49.5 Å². The van der Waals surface area contributed by atoms with Crippen molar-refractivity contribution in [2.75, 3.05) is 6.54 Å². The molecule has 2 N–H and O–H groups in total. The lowest BCUT2D eigenvalue weighted by Gasteiger charge is -2.53. The van der Waals surface area contributed by atoms with Crippen LogP contribution in [0.15, 0.2) is 64.8 Å². The number of thiophene rings is 1. The molecule has 1 fully saturated rings. The topological polar surface area (TPSA) is 97.4 Å². The van der Waals surface area contributed by atoms with Gasteiger partial charge in [-0.1, -0.05) is 30.3 Å². The number of hydrogen-bond donors (Lipinski definition) is 2. The van der Waals surface area contributed by atoms with E-state index in [0.717, 1.165) is 38.9 Å². The van der Waals surface area contributed by atoms with Crippen LogP contribution in [0.4, 0.5) is 0 Å². The average molecular weight is 494 g/mol. The molecule has 3 aliphatic rings. The summed E-state index contributed by atoms with van der Waals surface area (Å²) in [5.41, 5.74) is -0.545. The number of nitrogens with zero attached hydrogens (tertiary/aromatic N) is 6. The third-order valence-electron chi connectivity index (χ3n) is 6.81. The van der Waals surface area contributed by atoms with Crippen LogP contribution in [0.5, 0.6) is 0 Å². The largest absolute Gasteiger partial charge is 0.385 e. The second kappa shape index (κ2) is 8.62. The number of amidine groups is 1. The number of hydrogen-bond acceptors (Lipinski definition) is 9. The Morgan fingerprint density at radius 3 is 2.61 bits per heavy atom. The first kappa shape index (κ1) is 23.5. The Labute approximate surface area is 215 Å². The minimum absolute atomic E-state index is 0.211. The molecule has 3 unspecified atom stereocenters. The average Bonchev–Trinajstić information content (AvgIpc) is 3.43. The summed E-state index contributed by atoms with van der Waals surface area (Å²) in [5.74, 6) is 0.601. The van der Waals surface area contributed by atoms with E-state index in [1.54, 1.807) is 6.20 Å². The number of aliphatic imine (C=N–C) groups is 1. The quantitative estimate of drug-likeness (QED) is 0.540. The van der Waals surface area contributed by atoms with E-state index in [9.17, 15) is 10.2 Å². The summed E-state index contributed by atoms with van der Waals surface area (Å²) >= 11 is 1.47. The molecule has 0 saturated carbocycles. The normalized spacial score (nSPS) is 30.4. The highest BCUT2D eigenvalue weighted by Crippen LogP contribution is 2.45. The molecule has 11 heteroatoms. The molecular formula is C25H24B2N6O2S. The Hall–Kier alpha value is -2.85. The lowest BCUT2D eigenvalue weighted by molar-refractivity contribution is -0.191. The van der Waals surface area contributed by atoms with Crippen molar-refractivity contribution in [1.29, 1.82) is 0 Å². The van der Waals surface area contributed by atoms with Crippen molar-refractivity contribution in [3.05, 3.63) is 70.9 Å². The van der Waals surface area contributed by atoms with E-state index in [4.69, 9.17) is 20.7 Å². The third kappa shape index (κ3) is 4.30. The number of benzene rings is 1. The van der Waals surface area contributed by atoms with Gasteiger partial charge in [-0.15, -0.1) is 11.3 Å². The van der Waals surface area contributed by atoms with Gasteiger partial charge in [-0.25, -0.2) is 9.99 Å². The lowest BCUT2D eigenvalue weighted by Crippen LogP contribution is -2.65. The first-order chi connectivity index (χ1) is 17.2. The van der Waals surface area contributed by atoms with Crippen LogP contribution < -0.4 is 0 Å². The fraction of sp³-hybridized carbons (Fsp3) is 0.360. The van der Waals surface area contributed by atoms with Gasteiger partial charge in [-0.2, -0.15) is 5.10 Å². The van der Waals surface area contributed by atoms with Gasteiger partial charge in [0, 0.05) is 11.4 Å². The number of aliphatic hydroxyl groups is 2. The number of allylic oxidation sites excluding steroid dienone is 1. The highest BCUT2D eigenvalue weighted by Gasteiger charge is 2.48. The zero-order valence-corrected chi connectivity index (χ0v) is 20.6. The standard InChI is InChI=1S/C25H24B2N6O2S/c1-15-13-32-22(29-15)8-7-18(31-32)20-12-28-19-9-21(36-23(19)30-20)17-10-24(26,34)33(25(27,35)11-17)14-16-5-3-2-4-6-16/h2-9,12,15,17,34-35H,10-11,13-14H2,1H3. The smallest absolute Gasteiger partial charge is 0.144 e. The minimum atomic E-state index is -1.79. The van der Waals surface area contributed by atoms with Crippen molar-refractivity contribution in [1.82, 2.24) is 19.9 Å². The van der Waals surface area contributed by atoms with Crippen LogP contribution in [-0.4, -0.2) is 81.2 Å². The second-order valence-electron chi connectivity index (χ2n) is 9.77. The van der Waals surface area contributed by atoms with Crippen molar-refractivity contribution in [2.24, 2.45) is 10.1 Å². The Kier molecular flexibility index (Phi) is 5.64. The van der Waals surface area contributed by atoms with Gasteiger partial charge in [0.05, 0.1) is 30.0 Å². The van der Waals surface area contributed by atoms with Crippen molar-refractivity contribution >= 4 is 48.9 Å². The highest BCUT2D eigenvalue weighted by atomic mass is 32.1. The molecule has 3 atom stereocenters. The van der Waals surface area contributed by atoms with Crippen LogP contribution in [0, 0.1) is 0 Å². The van der Waals surface area contributed by atoms with E-state index in [1.807, 2.05) is 53.6 Å². The first-order valence-corrected chi connectivity index (χ1v) is 12.7. The zero-order chi connectivity index (χ0) is 25.1. The molecule has 0 aliphatic carbocycles.